The lowest BCUT2D eigenvalue weighted by atomic mass is 10.1. The van der Waals surface area contributed by atoms with Gasteiger partial charge >= 0.3 is 0 Å². The van der Waals surface area contributed by atoms with E-state index in [-0.39, 0.29) is 23.2 Å². The van der Waals surface area contributed by atoms with Crippen molar-refractivity contribution < 1.29 is 9.72 Å². The molecule has 0 saturated heterocycles. The predicted octanol–water partition coefficient (Wildman–Crippen LogP) is 0.980. The van der Waals surface area contributed by atoms with Crippen LogP contribution in [0.15, 0.2) is 18.2 Å². The lowest BCUT2D eigenvalue weighted by Crippen LogP contribution is -2.35. The van der Waals surface area contributed by atoms with Crippen LogP contribution in [-0.2, 0) is 0 Å². The molecule has 0 radical (unpaired) electrons. The maximum absolute atomic E-state index is 11.6. The van der Waals surface area contributed by atoms with Gasteiger partial charge in [-0.05, 0) is 19.9 Å². The number of nitro benzene ring substituents is 1. The fourth-order valence-corrected chi connectivity index (χ4v) is 1.30. The standard InChI is InChI=1S/C11H15N3O3/c1-7-3-4-9(5-10(7)14(16)17)11(15)13-6-8(2)12/h3-5,8H,6,12H2,1-2H3,(H,13,15). The van der Waals surface area contributed by atoms with Gasteiger partial charge in [-0.1, -0.05) is 6.07 Å². The molecule has 1 aromatic carbocycles. The van der Waals surface area contributed by atoms with Crippen molar-refractivity contribution in [2.24, 2.45) is 5.73 Å². The highest BCUT2D eigenvalue weighted by atomic mass is 16.6. The van der Waals surface area contributed by atoms with Crippen molar-refractivity contribution in [3.63, 3.8) is 0 Å². The zero-order chi connectivity index (χ0) is 13.0. The number of nitrogens with two attached hydrogens (primary N) is 1. The molecule has 1 aromatic rings. The van der Waals surface area contributed by atoms with Crippen LogP contribution in [-0.4, -0.2) is 23.4 Å². The molecule has 0 saturated carbocycles. The van der Waals surface area contributed by atoms with Gasteiger partial charge < -0.3 is 11.1 Å². The Hall–Kier alpha value is -1.95. The van der Waals surface area contributed by atoms with E-state index < -0.39 is 4.92 Å². The summed E-state index contributed by atoms with van der Waals surface area (Å²) >= 11 is 0. The van der Waals surface area contributed by atoms with Crippen LogP contribution in [0, 0.1) is 17.0 Å². The Labute approximate surface area is 99.0 Å². The Morgan fingerprint density at radius 3 is 2.76 bits per heavy atom. The molecule has 0 aromatic heterocycles. The molecular formula is C11H15N3O3. The Bertz CT molecular complexity index is 444. The van der Waals surface area contributed by atoms with Crippen LogP contribution in [0.4, 0.5) is 5.69 Å². The third kappa shape index (κ3) is 3.53. The molecule has 1 atom stereocenters. The van der Waals surface area contributed by atoms with Crippen LogP contribution >= 0.6 is 0 Å². The minimum Gasteiger partial charge on any atom is -0.350 e. The third-order valence-electron chi connectivity index (χ3n) is 2.25. The highest BCUT2D eigenvalue weighted by Crippen LogP contribution is 2.19. The fourth-order valence-electron chi connectivity index (χ4n) is 1.30. The van der Waals surface area contributed by atoms with Crippen LogP contribution in [0.5, 0.6) is 0 Å². The molecule has 0 fully saturated rings. The number of nitrogens with zero attached hydrogens (tertiary/aromatic N) is 1. The molecule has 6 heteroatoms. The van der Waals surface area contributed by atoms with Crippen molar-refractivity contribution >= 4 is 11.6 Å². The van der Waals surface area contributed by atoms with Gasteiger partial charge in [0.2, 0.25) is 0 Å². The molecule has 0 heterocycles. The minimum absolute atomic E-state index is 0.0570. The molecular weight excluding hydrogens is 222 g/mol. The van der Waals surface area contributed by atoms with Gasteiger partial charge in [0.05, 0.1) is 4.92 Å². The molecule has 92 valence electrons. The first kappa shape index (κ1) is 13.1. The summed E-state index contributed by atoms with van der Waals surface area (Å²) in [6.07, 6.45) is 0. The van der Waals surface area contributed by atoms with E-state index in [4.69, 9.17) is 5.73 Å². The van der Waals surface area contributed by atoms with E-state index >= 15 is 0 Å². The number of carbonyl (C=O) groups is 1. The molecule has 6 nitrogen and oxygen atoms in total. The molecule has 1 amide bonds. The van der Waals surface area contributed by atoms with E-state index in [1.165, 1.54) is 6.07 Å². The van der Waals surface area contributed by atoms with Crippen molar-refractivity contribution in [2.45, 2.75) is 19.9 Å². The smallest absolute Gasteiger partial charge is 0.273 e. The number of nitro groups is 1. The van der Waals surface area contributed by atoms with Gasteiger partial charge in [-0.15, -0.1) is 0 Å². The molecule has 0 spiro atoms. The van der Waals surface area contributed by atoms with Crippen LogP contribution in [0.3, 0.4) is 0 Å². The number of amides is 1. The first-order valence-electron chi connectivity index (χ1n) is 5.20. The maximum atomic E-state index is 11.6. The molecule has 0 aliphatic rings. The number of rotatable bonds is 4. The van der Waals surface area contributed by atoms with Gasteiger partial charge in [-0.2, -0.15) is 0 Å². The predicted molar refractivity (Wildman–Crippen MR) is 63.8 cm³/mol. The topological polar surface area (TPSA) is 98.3 Å². The van der Waals surface area contributed by atoms with E-state index in [1.807, 2.05) is 0 Å². The quantitative estimate of drug-likeness (QED) is 0.602. The highest BCUT2D eigenvalue weighted by molar-refractivity contribution is 5.95. The first-order valence-corrected chi connectivity index (χ1v) is 5.20. The molecule has 17 heavy (non-hydrogen) atoms. The van der Waals surface area contributed by atoms with Crippen molar-refractivity contribution in [3.8, 4) is 0 Å². The SMILES string of the molecule is Cc1ccc(C(=O)NCC(C)N)cc1[N+](=O)[O-]. The number of hydrogen-bond donors (Lipinski definition) is 2. The van der Waals surface area contributed by atoms with Crippen molar-refractivity contribution in [2.75, 3.05) is 6.54 Å². The average molecular weight is 237 g/mol. The molecule has 0 bridgehead atoms. The molecule has 0 aliphatic heterocycles. The van der Waals surface area contributed by atoms with Gasteiger partial charge in [0.15, 0.2) is 0 Å². The molecule has 1 unspecified atom stereocenters. The number of nitrogens with one attached hydrogen (secondary N) is 1. The van der Waals surface area contributed by atoms with Gasteiger partial charge in [0, 0.05) is 29.8 Å². The van der Waals surface area contributed by atoms with E-state index in [0.29, 0.717) is 12.1 Å². The number of hydrogen-bond acceptors (Lipinski definition) is 4. The Morgan fingerprint density at radius 2 is 2.24 bits per heavy atom. The second kappa shape index (κ2) is 5.40. The van der Waals surface area contributed by atoms with Crippen LogP contribution in [0.1, 0.15) is 22.8 Å². The Balaban J connectivity index is 2.88. The zero-order valence-electron chi connectivity index (χ0n) is 9.77. The van der Waals surface area contributed by atoms with Crippen LogP contribution in [0.2, 0.25) is 0 Å². The average Bonchev–Trinajstić information content (AvgIpc) is 2.26. The number of carbonyl (C=O) groups excluding carboxylic acids is 1. The summed E-state index contributed by atoms with van der Waals surface area (Å²) < 4.78 is 0. The normalized spacial score (nSPS) is 11.9. The first-order chi connectivity index (χ1) is 7.91. The van der Waals surface area contributed by atoms with Gasteiger partial charge in [0.1, 0.15) is 0 Å². The summed E-state index contributed by atoms with van der Waals surface area (Å²) in [7, 11) is 0. The van der Waals surface area contributed by atoms with E-state index in [2.05, 4.69) is 5.32 Å². The molecule has 3 N–H and O–H groups in total. The number of aryl methyl sites for hydroxylation is 1. The largest absolute Gasteiger partial charge is 0.350 e. The van der Waals surface area contributed by atoms with Crippen LogP contribution in [0.25, 0.3) is 0 Å². The Morgan fingerprint density at radius 1 is 1.59 bits per heavy atom. The maximum Gasteiger partial charge on any atom is 0.273 e. The summed E-state index contributed by atoms with van der Waals surface area (Å²) in [5.41, 5.74) is 6.23. The van der Waals surface area contributed by atoms with Crippen molar-refractivity contribution in [1.82, 2.24) is 5.32 Å². The van der Waals surface area contributed by atoms with E-state index in [0.717, 1.165) is 0 Å². The van der Waals surface area contributed by atoms with Crippen molar-refractivity contribution in [1.29, 1.82) is 0 Å². The Kier molecular flexibility index (Phi) is 4.17. The molecule has 0 aliphatic carbocycles. The van der Waals surface area contributed by atoms with Gasteiger partial charge in [0.25, 0.3) is 11.6 Å². The van der Waals surface area contributed by atoms with Crippen LogP contribution < -0.4 is 11.1 Å². The summed E-state index contributed by atoms with van der Waals surface area (Å²) in [6.45, 7) is 3.72. The lowest BCUT2D eigenvalue weighted by molar-refractivity contribution is -0.385. The third-order valence-corrected chi connectivity index (χ3v) is 2.25. The second-order valence-corrected chi connectivity index (χ2v) is 3.95. The summed E-state index contributed by atoms with van der Waals surface area (Å²) in [5, 5.41) is 13.3. The highest BCUT2D eigenvalue weighted by Gasteiger charge is 2.14. The molecule has 1 rings (SSSR count). The van der Waals surface area contributed by atoms with Gasteiger partial charge in [-0.3, -0.25) is 14.9 Å². The summed E-state index contributed by atoms with van der Waals surface area (Å²) in [4.78, 5) is 21.9. The van der Waals surface area contributed by atoms with Gasteiger partial charge in [-0.25, -0.2) is 0 Å². The minimum atomic E-state index is -0.502. The lowest BCUT2D eigenvalue weighted by Gasteiger charge is -2.08. The second-order valence-electron chi connectivity index (χ2n) is 3.95. The summed E-state index contributed by atoms with van der Waals surface area (Å²) in [6, 6.07) is 4.23. The zero-order valence-corrected chi connectivity index (χ0v) is 9.77. The summed E-state index contributed by atoms with van der Waals surface area (Å²) in [5.74, 6) is -0.356. The number of benzene rings is 1. The monoisotopic (exact) mass is 237 g/mol. The van der Waals surface area contributed by atoms with E-state index in [9.17, 15) is 14.9 Å². The fraction of sp³-hybridized carbons (Fsp3) is 0.364. The van der Waals surface area contributed by atoms with E-state index in [1.54, 1.807) is 26.0 Å². The van der Waals surface area contributed by atoms with Crippen molar-refractivity contribution in [3.05, 3.63) is 39.4 Å².